The van der Waals surface area contributed by atoms with Crippen LogP contribution < -0.4 is 5.11 Å². The van der Waals surface area contributed by atoms with E-state index in [1.807, 2.05) is 0 Å². The third-order valence-electron chi connectivity index (χ3n) is 0. The lowest BCUT2D eigenvalue weighted by Crippen LogP contribution is -2.27. The van der Waals surface area contributed by atoms with E-state index in [1.165, 1.54) is 0 Å². The van der Waals surface area contributed by atoms with Gasteiger partial charge in [0.1, 0.15) is 0 Å². The van der Waals surface area contributed by atoms with Gasteiger partial charge in [-0.05, 0) is 0 Å². The molecule has 0 spiro atoms. The molecule has 90 valence electrons. The summed E-state index contributed by atoms with van der Waals surface area (Å²) in [7, 11) is 17.0. The van der Waals surface area contributed by atoms with Crippen LogP contribution in [0, 0.1) is 0 Å². The van der Waals surface area contributed by atoms with Gasteiger partial charge in [0.15, 0.2) is 0 Å². The number of carbonyl (C=O) groups excluding carboxylic acids is 1. The Morgan fingerprint density at radius 2 is 0.786 bits per heavy atom. The largest absolute Gasteiger partial charge is 0.870 e. The predicted octanol–water partition coefficient (Wildman–Crippen LogP) is -1.17. The molecule has 0 radical (unpaired) electrons. The molecule has 5 nitrogen and oxygen atoms in total. The summed E-state index contributed by atoms with van der Waals surface area (Å²) >= 11 is 0. The van der Waals surface area contributed by atoms with Gasteiger partial charge in [-0.2, -0.15) is 0 Å². The molecule has 5 heteroatoms. The fraction of sp³-hybridized carbons (Fsp3) is 0.889. The Bertz CT molecular complexity index is 90.2. The molecule has 0 aliphatic heterocycles. The van der Waals surface area contributed by atoms with E-state index in [0.717, 1.165) is 8.97 Å². The molecule has 0 aromatic rings. The Morgan fingerprint density at radius 3 is 0.786 bits per heavy atom. The van der Waals surface area contributed by atoms with Crippen LogP contribution in [0.3, 0.4) is 0 Å². The molecule has 0 amide bonds. The molecular weight excluding hydrogens is 184 g/mol. The summed E-state index contributed by atoms with van der Waals surface area (Å²) in [6, 6.07) is 0. The maximum atomic E-state index is 8.25. The van der Waals surface area contributed by atoms with Gasteiger partial charge < -0.3 is 24.3 Å². The van der Waals surface area contributed by atoms with Crippen molar-refractivity contribution in [2.24, 2.45) is 0 Å². The van der Waals surface area contributed by atoms with Crippen molar-refractivity contribution in [3.63, 3.8) is 0 Å². The van der Waals surface area contributed by atoms with Gasteiger partial charge in [-0.25, -0.2) is 0 Å². The van der Waals surface area contributed by atoms with Crippen molar-refractivity contribution in [3.8, 4) is 0 Å². The number of nitrogens with zero attached hydrogens (tertiary/aromatic N) is 2. The highest BCUT2D eigenvalue weighted by Gasteiger charge is 1.88. The molecule has 0 rings (SSSR count). The van der Waals surface area contributed by atoms with Gasteiger partial charge in [-0.1, -0.05) is 0 Å². The Balaban J connectivity index is -0.0000000535. The van der Waals surface area contributed by atoms with Crippen LogP contribution in [0.4, 0.5) is 0 Å². The summed E-state index contributed by atoms with van der Waals surface area (Å²) in [5.74, 6) is 0. The Hall–Kier alpha value is -0.650. The highest BCUT2D eigenvalue weighted by atomic mass is 16.3. The second kappa shape index (κ2) is 10.4. The number of carbonyl (C=O) groups is 1. The van der Waals surface area contributed by atoms with Gasteiger partial charge in [0, 0.05) is 6.47 Å². The first kappa shape index (κ1) is 23.3. The van der Waals surface area contributed by atoms with Crippen LogP contribution in [-0.4, -0.2) is 77.3 Å². The number of rotatable bonds is 0. The van der Waals surface area contributed by atoms with Gasteiger partial charge in [0.25, 0.3) is 0 Å². The average molecular weight is 210 g/mol. The maximum absolute atomic E-state index is 8.25. The molecule has 0 saturated heterocycles. The van der Waals surface area contributed by atoms with Crippen LogP contribution in [0.15, 0.2) is 0 Å². The van der Waals surface area contributed by atoms with Crippen molar-refractivity contribution in [2.45, 2.75) is 0 Å². The third-order valence-corrected chi connectivity index (χ3v) is 0. The first-order chi connectivity index (χ1) is 5.41. The number of quaternary nitrogens is 2. The van der Waals surface area contributed by atoms with E-state index in [2.05, 4.69) is 56.4 Å². The topological polar surface area (TPSA) is 70.1 Å². The standard InChI is InChI=1S/2C4H12N.CH2O2.H2O/c2*1-5(2,3)4;2-1-3;/h2*1-4H3;1H,(H,2,3);1H2/q2*+1;;/p-2. The van der Waals surface area contributed by atoms with Crippen LogP contribution in [0.1, 0.15) is 0 Å². The van der Waals surface area contributed by atoms with Crippen molar-refractivity contribution in [3.05, 3.63) is 0 Å². The van der Waals surface area contributed by atoms with Gasteiger partial charge in [0.2, 0.25) is 0 Å². The van der Waals surface area contributed by atoms with Crippen molar-refractivity contribution >= 4 is 6.47 Å². The van der Waals surface area contributed by atoms with Gasteiger partial charge in [-0.3, -0.25) is 0 Å². The minimum absolute atomic E-state index is 0. The molecule has 0 fully saturated rings. The van der Waals surface area contributed by atoms with E-state index in [-0.39, 0.29) is 5.48 Å². The first-order valence-corrected chi connectivity index (χ1v) is 4.05. The summed E-state index contributed by atoms with van der Waals surface area (Å²) in [5, 5.41) is 8.25. The summed E-state index contributed by atoms with van der Waals surface area (Å²) in [6.07, 6.45) is 0. The summed E-state index contributed by atoms with van der Waals surface area (Å²) in [6.45, 7) is -0.500. The van der Waals surface area contributed by atoms with E-state index in [1.54, 1.807) is 0 Å². The molecule has 0 heterocycles. The zero-order valence-electron chi connectivity index (χ0n) is 10.7. The number of carboxylic acid groups (broad SMARTS) is 1. The lowest BCUT2D eigenvalue weighted by Gasteiger charge is -2.14. The van der Waals surface area contributed by atoms with Crippen molar-refractivity contribution in [1.29, 1.82) is 0 Å². The molecule has 1 N–H and O–H groups in total. The Labute approximate surface area is 88.0 Å². The lowest BCUT2D eigenvalue weighted by atomic mass is 10.8. The normalized spacial score (nSPS) is 9.43. The van der Waals surface area contributed by atoms with Gasteiger partial charge >= 0.3 is 0 Å². The smallest absolute Gasteiger partial charge is 0.0675 e. The molecule has 0 aliphatic rings. The fourth-order valence-electron chi connectivity index (χ4n) is 0. The van der Waals surface area contributed by atoms with Gasteiger partial charge in [-0.15, -0.1) is 0 Å². The van der Waals surface area contributed by atoms with E-state index in [0.29, 0.717) is 0 Å². The van der Waals surface area contributed by atoms with Crippen molar-refractivity contribution < 1.29 is 24.3 Å². The minimum atomic E-state index is -0.500. The lowest BCUT2D eigenvalue weighted by molar-refractivity contribution is -0.849. The number of hydrogen-bond acceptors (Lipinski definition) is 3. The summed E-state index contributed by atoms with van der Waals surface area (Å²) in [5.41, 5.74) is 0. The molecule has 14 heavy (non-hydrogen) atoms. The number of hydrogen-bond donors (Lipinski definition) is 0. The quantitative estimate of drug-likeness (QED) is 0.374. The Kier molecular flexibility index (Phi) is 17.4. The Morgan fingerprint density at radius 1 is 0.786 bits per heavy atom. The highest BCUT2D eigenvalue weighted by molar-refractivity contribution is 5.29. The van der Waals surface area contributed by atoms with Crippen LogP contribution in [0.25, 0.3) is 0 Å². The van der Waals surface area contributed by atoms with Crippen molar-refractivity contribution in [1.82, 2.24) is 0 Å². The van der Waals surface area contributed by atoms with E-state index < -0.39 is 6.47 Å². The van der Waals surface area contributed by atoms with Crippen LogP contribution >= 0.6 is 0 Å². The SMILES string of the molecule is C[N+](C)(C)C.C[N+](C)(C)C.O=C[O-].[OH-]. The molecular formula is C9H26N2O3. The van der Waals surface area contributed by atoms with E-state index in [9.17, 15) is 0 Å². The maximum Gasteiger partial charge on any atom is 0.0675 e. The van der Waals surface area contributed by atoms with Crippen LogP contribution in [0.2, 0.25) is 0 Å². The molecule has 0 unspecified atom stereocenters. The average Bonchev–Trinajstić information content (AvgIpc) is 1.52. The van der Waals surface area contributed by atoms with E-state index >= 15 is 0 Å². The second-order valence-electron chi connectivity index (χ2n) is 5.46. The van der Waals surface area contributed by atoms with Gasteiger partial charge in [0.05, 0.1) is 56.4 Å². The molecule has 0 saturated carbocycles. The molecule has 0 aromatic heterocycles. The summed E-state index contributed by atoms with van der Waals surface area (Å²) < 4.78 is 2.00. The molecule has 0 aromatic carbocycles. The third kappa shape index (κ3) is 2880. The fourth-order valence-corrected chi connectivity index (χ4v) is 0. The van der Waals surface area contributed by atoms with Crippen molar-refractivity contribution in [2.75, 3.05) is 56.4 Å². The first-order valence-electron chi connectivity index (χ1n) is 4.05. The van der Waals surface area contributed by atoms with Crippen LogP contribution in [0.5, 0.6) is 0 Å². The molecule has 0 atom stereocenters. The molecule has 0 aliphatic carbocycles. The zero-order valence-corrected chi connectivity index (χ0v) is 10.7. The summed E-state index contributed by atoms with van der Waals surface area (Å²) in [4.78, 5) is 8.25. The molecule has 0 bridgehead atoms. The predicted molar refractivity (Wildman–Crippen MR) is 55.9 cm³/mol. The van der Waals surface area contributed by atoms with Crippen LogP contribution in [-0.2, 0) is 4.79 Å². The highest BCUT2D eigenvalue weighted by Crippen LogP contribution is 1.74. The van der Waals surface area contributed by atoms with E-state index in [4.69, 9.17) is 9.90 Å². The minimum Gasteiger partial charge on any atom is -0.870 e. The second-order valence-corrected chi connectivity index (χ2v) is 5.46. The monoisotopic (exact) mass is 210 g/mol. The zero-order chi connectivity index (χ0) is 11.7.